The number of amides is 1. The lowest BCUT2D eigenvalue weighted by atomic mass is 10.2. The van der Waals surface area contributed by atoms with Crippen LogP contribution in [0.4, 0.5) is 5.69 Å². The minimum Gasteiger partial charge on any atom is -0.325 e. The number of carbonyl (C=O) groups is 1. The second-order valence-corrected chi connectivity index (χ2v) is 11.1. The molecule has 0 fully saturated rings. The molecule has 2 aromatic heterocycles. The molecule has 0 unspecified atom stereocenters. The molecule has 0 aliphatic heterocycles. The monoisotopic (exact) mass is 565 g/mol. The predicted molar refractivity (Wildman–Crippen MR) is 155 cm³/mol. The van der Waals surface area contributed by atoms with Gasteiger partial charge in [0.15, 0.2) is 11.0 Å². The first kappa shape index (κ1) is 25.5. The summed E-state index contributed by atoms with van der Waals surface area (Å²) in [6.07, 6.45) is 1.75. The van der Waals surface area contributed by atoms with E-state index in [1.54, 1.807) is 35.6 Å². The zero-order valence-electron chi connectivity index (χ0n) is 19.7. The maximum absolute atomic E-state index is 12.7. The highest BCUT2D eigenvalue weighted by Crippen LogP contribution is 2.33. The molecular weight excluding hydrogens is 545 g/mol. The van der Waals surface area contributed by atoms with Gasteiger partial charge in [0.05, 0.1) is 21.0 Å². The number of halogens is 2. The van der Waals surface area contributed by atoms with Gasteiger partial charge in [0, 0.05) is 28.4 Å². The predicted octanol–water partition coefficient (Wildman–Crippen LogP) is 7.75. The van der Waals surface area contributed by atoms with E-state index in [2.05, 4.69) is 41.1 Å². The van der Waals surface area contributed by atoms with Gasteiger partial charge in [-0.05, 0) is 67.1 Å². The van der Waals surface area contributed by atoms with Crippen molar-refractivity contribution in [3.8, 4) is 22.0 Å². The van der Waals surface area contributed by atoms with Crippen LogP contribution in [0.1, 0.15) is 5.56 Å². The molecule has 186 valence electrons. The van der Waals surface area contributed by atoms with E-state index < -0.39 is 0 Å². The Kier molecular flexibility index (Phi) is 7.62. The van der Waals surface area contributed by atoms with E-state index in [1.807, 2.05) is 34.9 Å². The lowest BCUT2D eigenvalue weighted by Crippen LogP contribution is -2.14. The first-order valence-corrected chi connectivity index (χ1v) is 13.9. The summed E-state index contributed by atoms with van der Waals surface area (Å²) >= 11 is 15.4. The van der Waals surface area contributed by atoms with E-state index in [-0.39, 0.29) is 11.7 Å². The average Bonchev–Trinajstić information content (AvgIpc) is 3.47. The molecule has 5 aromatic rings. The molecule has 37 heavy (non-hydrogen) atoms. The van der Waals surface area contributed by atoms with Crippen molar-refractivity contribution in [2.45, 2.75) is 18.6 Å². The van der Waals surface area contributed by atoms with Crippen molar-refractivity contribution in [3.05, 3.63) is 88.9 Å². The van der Waals surface area contributed by atoms with Crippen LogP contribution in [0.2, 0.25) is 10.0 Å². The van der Waals surface area contributed by atoms with E-state index in [9.17, 15) is 4.79 Å². The molecule has 10 heteroatoms. The fourth-order valence-electron chi connectivity index (χ4n) is 3.74. The molecule has 0 saturated carbocycles. The molecule has 6 nitrogen and oxygen atoms in total. The van der Waals surface area contributed by atoms with E-state index in [4.69, 9.17) is 28.2 Å². The molecule has 5 rings (SSSR count). The van der Waals surface area contributed by atoms with Crippen molar-refractivity contribution in [2.24, 2.45) is 0 Å². The van der Waals surface area contributed by atoms with Gasteiger partial charge in [0.1, 0.15) is 5.01 Å². The summed E-state index contributed by atoms with van der Waals surface area (Å²) in [6, 6.07) is 19.2. The fourth-order valence-corrected chi connectivity index (χ4v) is 6.05. The number of nitrogens with one attached hydrogen (secondary N) is 1. The van der Waals surface area contributed by atoms with Crippen LogP contribution in [0, 0.1) is 6.92 Å². The van der Waals surface area contributed by atoms with Crippen LogP contribution in [0.25, 0.3) is 32.2 Å². The molecule has 1 N–H and O–H groups in total. The van der Waals surface area contributed by atoms with Gasteiger partial charge in [-0.15, -0.1) is 28.1 Å². The molecule has 0 spiro atoms. The standard InChI is InChI=1S/C27H21Cl2N5OS2/c1-3-12-34-25(20-10-7-18(28)14-21(20)29)32-33-27(34)36-15-24(35)30-19-8-5-17(6-9-19)26-31-22-11-4-16(2)13-23(22)37-26/h3-11,13-14H,1,12,15H2,2H3,(H,30,35). The van der Waals surface area contributed by atoms with Crippen LogP contribution in [0.3, 0.4) is 0 Å². The molecule has 0 radical (unpaired) electrons. The molecule has 0 bridgehead atoms. The molecule has 2 heterocycles. The minimum atomic E-state index is -0.146. The summed E-state index contributed by atoms with van der Waals surface area (Å²) in [7, 11) is 0. The summed E-state index contributed by atoms with van der Waals surface area (Å²) in [4.78, 5) is 17.4. The first-order chi connectivity index (χ1) is 17.9. The SMILES string of the molecule is C=CCn1c(SCC(=O)Nc2ccc(-c3nc4ccc(C)cc4s3)cc2)nnc1-c1ccc(Cl)cc1Cl. The van der Waals surface area contributed by atoms with E-state index in [0.717, 1.165) is 20.8 Å². The highest BCUT2D eigenvalue weighted by Gasteiger charge is 2.17. The summed E-state index contributed by atoms with van der Waals surface area (Å²) in [5.41, 5.74) is 4.64. The number of hydrogen-bond donors (Lipinski definition) is 1. The lowest BCUT2D eigenvalue weighted by Gasteiger charge is -2.09. The van der Waals surface area contributed by atoms with Gasteiger partial charge in [-0.2, -0.15) is 0 Å². The zero-order chi connectivity index (χ0) is 25.9. The van der Waals surface area contributed by atoms with Crippen LogP contribution in [-0.4, -0.2) is 31.4 Å². The minimum absolute atomic E-state index is 0.146. The van der Waals surface area contributed by atoms with Crippen molar-refractivity contribution in [2.75, 3.05) is 11.1 Å². The zero-order valence-corrected chi connectivity index (χ0v) is 22.9. The van der Waals surface area contributed by atoms with E-state index in [0.29, 0.717) is 38.8 Å². The molecule has 0 aliphatic rings. The summed E-state index contributed by atoms with van der Waals surface area (Å²) < 4.78 is 3.03. The Morgan fingerprint density at radius 1 is 1.11 bits per heavy atom. The van der Waals surface area contributed by atoms with Gasteiger partial charge >= 0.3 is 0 Å². The number of hydrogen-bond acceptors (Lipinski definition) is 6. The first-order valence-electron chi connectivity index (χ1n) is 11.3. The number of aryl methyl sites for hydroxylation is 1. The van der Waals surface area contributed by atoms with Crippen LogP contribution in [0.15, 0.2) is 78.5 Å². The van der Waals surface area contributed by atoms with Crippen LogP contribution >= 0.6 is 46.3 Å². The van der Waals surface area contributed by atoms with Gasteiger partial charge in [-0.3, -0.25) is 9.36 Å². The van der Waals surface area contributed by atoms with Crippen molar-refractivity contribution in [3.63, 3.8) is 0 Å². The Bertz CT molecular complexity index is 1610. The Balaban J connectivity index is 1.25. The molecule has 1 amide bonds. The lowest BCUT2D eigenvalue weighted by molar-refractivity contribution is -0.113. The van der Waals surface area contributed by atoms with Crippen LogP contribution in [-0.2, 0) is 11.3 Å². The quantitative estimate of drug-likeness (QED) is 0.154. The third-order valence-electron chi connectivity index (χ3n) is 5.49. The molecule has 3 aromatic carbocycles. The topological polar surface area (TPSA) is 72.7 Å². The van der Waals surface area contributed by atoms with Crippen LogP contribution < -0.4 is 5.32 Å². The Hall–Kier alpha value is -3.17. The van der Waals surface area contributed by atoms with Crippen molar-refractivity contribution in [1.29, 1.82) is 0 Å². The Morgan fingerprint density at radius 2 is 1.92 bits per heavy atom. The van der Waals surface area contributed by atoms with Crippen molar-refractivity contribution < 1.29 is 4.79 Å². The number of rotatable bonds is 8. The highest BCUT2D eigenvalue weighted by molar-refractivity contribution is 7.99. The number of anilines is 1. The van der Waals surface area contributed by atoms with Crippen molar-refractivity contribution in [1.82, 2.24) is 19.7 Å². The number of nitrogens with zero attached hydrogens (tertiary/aromatic N) is 4. The smallest absolute Gasteiger partial charge is 0.234 e. The van der Waals surface area contributed by atoms with Crippen molar-refractivity contribution >= 4 is 68.1 Å². The second kappa shape index (κ2) is 11.1. The largest absolute Gasteiger partial charge is 0.325 e. The Labute approximate surface area is 232 Å². The number of thioether (sulfide) groups is 1. The summed E-state index contributed by atoms with van der Waals surface area (Å²) in [5.74, 6) is 0.611. The molecule has 0 atom stereocenters. The number of aromatic nitrogens is 4. The number of allylic oxidation sites excluding steroid dienone is 1. The van der Waals surface area contributed by atoms with Gasteiger partial charge in [0.2, 0.25) is 5.91 Å². The highest BCUT2D eigenvalue weighted by atomic mass is 35.5. The Morgan fingerprint density at radius 3 is 2.68 bits per heavy atom. The summed E-state index contributed by atoms with van der Waals surface area (Å²) in [5, 5.41) is 14.1. The van der Waals surface area contributed by atoms with E-state index >= 15 is 0 Å². The maximum Gasteiger partial charge on any atom is 0.234 e. The molecule has 0 aliphatic carbocycles. The number of fused-ring (bicyclic) bond motifs is 1. The molecular formula is C27H21Cl2N5OS2. The van der Waals surface area contributed by atoms with Gasteiger partial charge in [-0.25, -0.2) is 4.98 Å². The van der Waals surface area contributed by atoms with Gasteiger partial charge < -0.3 is 5.32 Å². The molecule has 0 saturated heterocycles. The third kappa shape index (κ3) is 5.72. The second-order valence-electron chi connectivity index (χ2n) is 8.23. The van der Waals surface area contributed by atoms with Gasteiger partial charge in [0.25, 0.3) is 0 Å². The maximum atomic E-state index is 12.7. The summed E-state index contributed by atoms with van der Waals surface area (Å²) in [6.45, 7) is 6.37. The van der Waals surface area contributed by atoms with Gasteiger partial charge in [-0.1, -0.05) is 47.1 Å². The van der Waals surface area contributed by atoms with Crippen LogP contribution in [0.5, 0.6) is 0 Å². The fraction of sp³-hybridized carbons (Fsp3) is 0.111. The normalized spacial score (nSPS) is 11.1. The number of carbonyl (C=O) groups excluding carboxylic acids is 1. The number of thiazole rings is 1. The average molecular weight is 567 g/mol. The number of benzene rings is 3. The third-order valence-corrected chi connectivity index (χ3v) is 8.07. The van der Waals surface area contributed by atoms with E-state index in [1.165, 1.54) is 17.3 Å².